The number of hydrogen-bond acceptors (Lipinski definition) is 10. The summed E-state index contributed by atoms with van der Waals surface area (Å²) in [4.78, 5) is 15.8. The predicted octanol–water partition coefficient (Wildman–Crippen LogP) is 3.97. The van der Waals surface area contributed by atoms with E-state index in [-0.39, 0.29) is 22.8 Å². The fourth-order valence-electron chi connectivity index (χ4n) is 5.47. The molecule has 0 amide bonds. The topological polar surface area (TPSA) is 140 Å². The summed E-state index contributed by atoms with van der Waals surface area (Å²) < 4.78 is 49.9. The highest BCUT2D eigenvalue weighted by Gasteiger charge is 2.33. The van der Waals surface area contributed by atoms with Crippen molar-refractivity contribution in [2.75, 3.05) is 35.3 Å². The molecule has 13 heteroatoms. The molecule has 2 fully saturated rings. The molecule has 4 aromatic rings. The lowest BCUT2D eigenvalue weighted by molar-refractivity contribution is 0.445. The normalized spacial score (nSPS) is 16.6. The van der Waals surface area contributed by atoms with Crippen LogP contribution < -0.4 is 10.2 Å². The molecule has 2 aliphatic rings. The number of fused-ring (bicyclic) bond motifs is 1. The zero-order chi connectivity index (χ0) is 28.9. The number of pyridine rings is 1. The quantitative estimate of drug-likeness (QED) is 0.302. The highest BCUT2D eigenvalue weighted by atomic mass is 32.2. The first-order valence-corrected chi connectivity index (χ1v) is 17.3. The molecular formula is C28H33N7O4S2. The molecule has 0 atom stereocenters. The summed E-state index contributed by atoms with van der Waals surface area (Å²) in [6.07, 6.45) is 9.92. The van der Waals surface area contributed by atoms with Gasteiger partial charge in [-0.3, -0.25) is 0 Å². The highest BCUT2D eigenvalue weighted by molar-refractivity contribution is 7.90. The largest absolute Gasteiger partial charge is 0.370 e. The van der Waals surface area contributed by atoms with Crippen LogP contribution in [0.3, 0.4) is 0 Å². The Bertz CT molecular complexity index is 1830. The second-order valence-electron chi connectivity index (χ2n) is 11.4. The number of nitrogens with zero attached hydrogens (tertiary/aromatic N) is 6. The maximum Gasteiger partial charge on any atom is 0.256 e. The van der Waals surface area contributed by atoms with Crippen molar-refractivity contribution in [3.63, 3.8) is 0 Å². The van der Waals surface area contributed by atoms with Gasteiger partial charge in [-0.1, -0.05) is 26.3 Å². The number of nitrogens with one attached hydrogen (secondary N) is 1. The molecule has 0 unspecified atom stereocenters. The van der Waals surface area contributed by atoms with Crippen LogP contribution in [-0.2, 0) is 19.9 Å². The smallest absolute Gasteiger partial charge is 0.256 e. The van der Waals surface area contributed by atoms with Gasteiger partial charge in [0.1, 0.15) is 21.5 Å². The Balaban J connectivity index is 1.25. The number of sulfone groups is 1. The Morgan fingerprint density at radius 2 is 1.78 bits per heavy atom. The van der Waals surface area contributed by atoms with E-state index in [4.69, 9.17) is 0 Å². The van der Waals surface area contributed by atoms with Crippen LogP contribution in [0.25, 0.3) is 22.2 Å². The van der Waals surface area contributed by atoms with E-state index in [1.165, 1.54) is 24.2 Å². The Morgan fingerprint density at radius 1 is 1.00 bits per heavy atom. The van der Waals surface area contributed by atoms with E-state index in [2.05, 4.69) is 56.2 Å². The number of rotatable bonds is 9. The van der Waals surface area contributed by atoms with Crippen LogP contribution in [0.1, 0.15) is 44.6 Å². The standard InChI is InChI=1S/C28H33N7O4S2/c1-18(2)22-7-8-25(34-14-19(15-34)17-40(3,36)37)24-13-30-27(11-23(22)24)32-26-9-10-29-28(33-26)20-12-31-35(16-20)41(38,39)21-5-4-6-21/h7-13,16,18-19,21H,4-6,14-15,17H2,1-3H3,(H,29,30,32,33). The van der Waals surface area contributed by atoms with Crippen molar-refractivity contribution < 1.29 is 16.8 Å². The molecule has 4 heterocycles. The van der Waals surface area contributed by atoms with E-state index in [0.717, 1.165) is 27.0 Å². The number of hydrogen-bond donors (Lipinski definition) is 1. The molecule has 1 aliphatic heterocycles. The average molecular weight is 596 g/mol. The molecule has 216 valence electrons. The van der Waals surface area contributed by atoms with Gasteiger partial charge >= 0.3 is 0 Å². The van der Waals surface area contributed by atoms with E-state index in [1.807, 2.05) is 12.3 Å². The summed E-state index contributed by atoms with van der Waals surface area (Å²) in [5.41, 5.74) is 2.75. The monoisotopic (exact) mass is 595 g/mol. The predicted molar refractivity (Wildman–Crippen MR) is 160 cm³/mol. The molecule has 11 nitrogen and oxygen atoms in total. The molecule has 41 heavy (non-hydrogen) atoms. The Kier molecular flexibility index (Phi) is 6.97. The van der Waals surface area contributed by atoms with Gasteiger partial charge in [0.2, 0.25) is 0 Å². The minimum Gasteiger partial charge on any atom is -0.370 e. The third kappa shape index (κ3) is 5.52. The molecule has 0 radical (unpaired) electrons. The van der Waals surface area contributed by atoms with Crippen molar-refractivity contribution in [2.24, 2.45) is 5.92 Å². The van der Waals surface area contributed by atoms with Gasteiger partial charge in [-0.05, 0) is 47.9 Å². The van der Waals surface area contributed by atoms with Crippen LogP contribution in [0.15, 0.2) is 49.1 Å². The molecule has 3 aromatic heterocycles. The van der Waals surface area contributed by atoms with Gasteiger partial charge in [-0.2, -0.15) is 9.19 Å². The van der Waals surface area contributed by atoms with E-state index in [0.29, 0.717) is 49.0 Å². The lowest BCUT2D eigenvalue weighted by atomic mass is 9.93. The molecule has 1 aliphatic carbocycles. The fourth-order valence-corrected chi connectivity index (χ4v) is 8.21. The lowest BCUT2D eigenvalue weighted by Crippen LogP contribution is -2.49. The van der Waals surface area contributed by atoms with E-state index < -0.39 is 19.9 Å². The zero-order valence-electron chi connectivity index (χ0n) is 23.2. The summed E-state index contributed by atoms with van der Waals surface area (Å²) in [5.74, 6) is 2.12. The molecule has 6 rings (SSSR count). The first-order valence-electron chi connectivity index (χ1n) is 13.7. The van der Waals surface area contributed by atoms with Crippen molar-refractivity contribution in [2.45, 2.75) is 44.3 Å². The Morgan fingerprint density at radius 3 is 2.46 bits per heavy atom. The van der Waals surface area contributed by atoms with Crippen molar-refractivity contribution in [1.82, 2.24) is 24.1 Å². The van der Waals surface area contributed by atoms with Gasteiger partial charge in [-0.25, -0.2) is 31.8 Å². The van der Waals surface area contributed by atoms with Gasteiger partial charge in [-0.15, -0.1) is 0 Å². The maximum absolute atomic E-state index is 12.7. The second kappa shape index (κ2) is 10.4. The van der Waals surface area contributed by atoms with Crippen molar-refractivity contribution in [1.29, 1.82) is 0 Å². The summed E-state index contributed by atoms with van der Waals surface area (Å²) >= 11 is 0. The lowest BCUT2D eigenvalue weighted by Gasteiger charge is -2.41. The summed E-state index contributed by atoms with van der Waals surface area (Å²) in [7, 11) is -6.51. The molecular weight excluding hydrogens is 562 g/mol. The summed E-state index contributed by atoms with van der Waals surface area (Å²) in [6, 6.07) is 7.97. The minimum atomic E-state index is -3.50. The minimum absolute atomic E-state index is 0.135. The van der Waals surface area contributed by atoms with Crippen molar-refractivity contribution in [3.8, 4) is 11.4 Å². The third-order valence-corrected chi connectivity index (χ3v) is 10.9. The van der Waals surface area contributed by atoms with Crippen LogP contribution in [0.5, 0.6) is 0 Å². The molecule has 0 spiro atoms. The van der Waals surface area contributed by atoms with Gasteiger partial charge in [0, 0.05) is 48.7 Å². The maximum atomic E-state index is 12.7. The third-order valence-electron chi connectivity index (χ3n) is 7.83. The van der Waals surface area contributed by atoms with Crippen LogP contribution in [-0.4, -0.2) is 71.3 Å². The first kappa shape index (κ1) is 27.6. The van der Waals surface area contributed by atoms with Gasteiger partial charge in [0.25, 0.3) is 10.0 Å². The van der Waals surface area contributed by atoms with Gasteiger partial charge < -0.3 is 10.2 Å². The van der Waals surface area contributed by atoms with Crippen LogP contribution in [0.2, 0.25) is 0 Å². The fraction of sp³-hybridized carbons (Fsp3) is 0.429. The zero-order valence-corrected chi connectivity index (χ0v) is 24.9. The van der Waals surface area contributed by atoms with Crippen LogP contribution in [0.4, 0.5) is 17.3 Å². The highest BCUT2D eigenvalue weighted by Crippen LogP contribution is 2.37. The molecule has 0 bridgehead atoms. The second-order valence-corrected chi connectivity index (χ2v) is 15.7. The molecule has 1 aromatic carbocycles. The number of aromatic nitrogens is 5. The van der Waals surface area contributed by atoms with E-state index >= 15 is 0 Å². The van der Waals surface area contributed by atoms with Gasteiger partial charge in [0.15, 0.2) is 5.82 Å². The van der Waals surface area contributed by atoms with Crippen LogP contribution >= 0.6 is 0 Å². The van der Waals surface area contributed by atoms with Crippen molar-refractivity contribution >= 4 is 48.0 Å². The molecule has 1 saturated heterocycles. The van der Waals surface area contributed by atoms with Crippen LogP contribution in [0, 0.1) is 5.92 Å². The Hall–Kier alpha value is -3.58. The molecule has 1 N–H and O–H groups in total. The van der Waals surface area contributed by atoms with Crippen molar-refractivity contribution in [3.05, 3.63) is 54.6 Å². The summed E-state index contributed by atoms with van der Waals surface area (Å²) in [6.45, 7) is 5.70. The number of benzene rings is 1. The average Bonchev–Trinajstić information content (AvgIpc) is 3.35. The first-order chi connectivity index (χ1) is 19.5. The SMILES string of the molecule is CC(C)c1ccc(N2CC(CS(C)(=O)=O)C2)c2cnc(Nc3ccnc(-c4cnn(S(=O)(=O)C5CCC5)c4)n3)cc12. The molecule has 1 saturated carbocycles. The van der Waals surface area contributed by atoms with E-state index in [1.54, 1.807) is 12.3 Å². The summed E-state index contributed by atoms with van der Waals surface area (Å²) in [5, 5.41) is 9.05. The number of anilines is 3. The van der Waals surface area contributed by atoms with E-state index in [9.17, 15) is 16.8 Å². The Labute approximate surface area is 240 Å². The van der Waals surface area contributed by atoms with Gasteiger partial charge in [0.05, 0.1) is 29.0 Å².